The molecule has 4 rings (SSSR count). The Morgan fingerprint density at radius 2 is 1.96 bits per heavy atom. The molecule has 0 aliphatic carbocycles. The fourth-order valence-electron chi connectivity index (χ4n) is 2.50. The first-order valence-corrected chi connectivity index (χ1v) is 9.47. The molecular weight excluding hydrogens is 326 g/mol. The number of hydrogen-bond acceptors (Lipinski definition) is 5. The Morgan fingerprint density at radius 3 is 2.83 bits per heavy atom. The van der Waals surface area contributed by atoms with E-state index < -0.39 is 10.8 Å². The van der Waals surface area contributed by atoms with E-state index in [4.69, 9.17) is 0 Å². The number of thiazole rings is 1. The lowest BCUT2D eigenvalue weighted by molar-refractivity contribution is 0.687. The number of rotatable bonds is 3. The summed E-state index contributed by atoms with van der Waals surface area (Å²) in [6.07, 6.45) is 3.45. The summed E-state index contributed by atoms with van der Waals surface area (Å²) in [5.41, 5.74) is 5.61. The van der Waals surface area contributed by atoms with Gasteiger partial charge in [-0.1, -0.05) is 0 Å². The summed E-state index contributed by atoms with van der Waals surface area (Å²) < 4.78 is 12.9. The molecule has 0 fully saturated rings. The van der Waals surface area contributed by atoms with Crippen LogP contribution in [0.2, 0.25) is 0 Å². The second-order valence-corrected chi connectivity index (χ2v) is 7.42. The Balaban J connectivity index is 1.80. The molecule has 0 bridgehead atoms. The molecule has 1 N–H and O–H groups in total. The van der Waals surface area contributed by atoms with Crippen LogP contribution in [-0.4, -0.2) is 20.4 Å². The Hall–Kier alpha value is -2.31. The number of nitrogens with one attached hydrogen (secondary N) is 1. The van der Waals surface area contributed by atoms with Crippen molar-refractivity contribution in [2.45, 2.75) is 4.90 Å². The van der Waals surface area contributed by atoms with Crippen molar-refractivity contribution in [1.29, 1.82) is 0 Å². The molecule has 23 heavy (non-hydrogen) atoms. The van der Waals surface area contributed by atoms with Crippen molar-refractivity contribution in [3.8, 4) is 0 Å². The molecule has 0 saturated carbocycles. The lowest BCUT2D eigenvalue weighted by atomic mass is 10.2. The Bertz CT molecular complexity index is 1040. The summed E-state index contributed by atoms with van der Waals surface area (Å²) in [6.45, 7) is 0. The molecule has 6 heteroatoms. The van der Waals surface area contributed by atoms with Crippen LogP contribution in [0.3, 0.4) is 0 Å². The third-order valence-corrected chi connectivity index (χ3v) is 5.38. The van der Waals surface area contributed by atoms with E-state index in [9.17, 15) is 4.21 Å². The van der Waals surface area contributed by atoms with Crippen molar-refractivity contribution in [1.82, 2.24) is 9.97 Å². The van der Waals surface area contributed by atoms with Gasteiger partial charge in [-0.05, 0) is 42.5 Å². The van der Waals surface area contributed by atoms with Crippen LogP contribution < -0.4 is 5.32 Å². The summed E-state index contributed by atoms with van der Waals surface area (Å²) in [7, 11) is -1.02. The zero-order chi connectivity index (χ0) is 15.8. The summed E-state index contributed by atoms with van der Waals surface area (Å²) in [6, 6.07) is 13.7. The van der Waals surface area contributed by atoms with Crippen molar-refractivity contribution in [2.24, 2.45) is 0 Å². The lowest BCUT2D eigenvalue weighted by Crippen LogP contribution is -1.94. The predicted octanol–water partition coefficient (Wildman–Crippen LogP) is 4.33. The summed E-state index contributed by atoms with van der Waals surface area (Å²) in [4.78, 5) is 9.52. The van der Waals surface area contributed by atoms with Gasteiger partial charge in [-0.2, -0.15) is 0 Å². The van der Waals surface area contributed by atoms with Crippen LogP contribution in [0.5, 0.6) is 0 Å². The number of hydrogen-bond donors (Lipinski definition) is 1. The van der Waals surface area contributed by atoms with Gasteiger partial charge in [-0.3, -0.25) is 9.19 Å². The summed E-state index contributed by atoms with van der Waals surface area (Å²) in [5, 5.41) is 4.38. The van der Waals surface area contributed by atoms with Crippen molar-refractivity contribution in [3.63, 3.8) is 0 Å². The van der Waals surface area contributed by atoms with Crippen LogP contribution in [0.1, 0.15) is 0 Å². The van der Waals surface area contributed by atoms with E-state index in [-0.39, 0.29) is 0 Å². The number of nitrogens with zero attached hydrogens (tertiary/aromatic N) is 2. The number of aromatic nitrogens is 2. The molecule has 0 spiro atoms. The molecule has 0 saturated heterocycles. The number of benzene rings is 2. The lowest BCUT2D eigenvalue weighted by Gasteiger charge is -2.10. The molecule has 114 valence electrons. The van der Waals surface area contributed by atoms with Gasteiger partial charge in [0.05, 0.1) is 21.2 Å². The second kappa shape index (κ2) is 5.72. The maximum absolute atomic E-state index is 11.7. The third-order valence-electron chi connectivity index (χ3n) is 3.65. The molecule has 0 aliphatic heterocycles. The van der Waals surface area contributed by atoms with Crippen LogP contribution >= 0.6 is 11.3 Å². The van der Waals surface area contributed by atoms with Crippen LogP contribution in [0.25, 0.3) is 21.1 Å². The molecule has 2 heterocycles. The zero-order valence-electron chi connectivity index (χ0n) is 12.3. The first-order chi connectivity index (χ1) is 11.2. The van der Waals surface area contributed by atoms with Crippen LogP contribution in [0, 0.1) is 0 Å². The predicted molar refractivity (Wildman–Crippen MR) is 97.0 cm³/mol. The molecule has 2 aromatic carbocycles. The van der Waals surface area contributed by atoms with E-state index in [0.717, 1.165) is 32.7 Å². The first-order valence-electron chi connectivity index (χ1n) is 7.03. The fraction of sp³-hybridized carbons (Fsp3) is 0.0588. The largest absolute Gasteiger partial charge is 0.355 e. The Kier molecular flexibility index (Phi) is 3.55. The van der Waals surface area contributed by atoms with E-state index in [1.165, 1.54) is 4.70 Å². The molecule has 0 amide bonds. The highest BCUT2D eigenvalue weighted by atomic mass is 32.2. The maximum atomic E-state index is 11.7. The van der Waals surface area contributed by atoms with Gasteiger partial charge in [0.25, 0.3) is 0 Å². The van der Waals surface area contributed by atoms with E-state index in [1.807, 2.05) is 41.9 Å². The molecule has 4 nitrogen and oxygen atoms in total. The highest BCUT2D eigenvalue weighted by molar-refractivity contribution is 7.84. The molecule has 1 atom stereocenters. The second-order valence-electron chi connectivity index (χ2n) is 5.15. The third kappa shape index (κ3) is 2.71. The van der Waals surface area contributed by atoms with Crippen LogP contribution in [0.15, 0.2) is 59.1 Å². The van der Waals surface area contributed by atoms with Gasteiger partial charge < -0.3 is 5.32 Å². The topological polar surface area (TPSA) is 54.9 Å². The molecular formula is C17H13N3OS2. The van der Waals surface area contributed by atoms with Crippen molar-refractivity contribution < 1.29 is 4.21 Å². The molecule has 2 aromatic heterocycles. The van der Waals surface area contributed by atoms with E-state index in [0.29, 0.717) is 0 Å². The minimum absolute atomic E-state index is 0.795. The van der Waals surface area contributed by atoms with Gasteiger partial charge in [0, 0.05) is 44.9 Å². The Morgan fingerprint density at radius 1 is 1.04 bits per heavy atom. The normalized spacial score (nSPS) is 12.6. The Labute approximate surface area is 139 Å². The average Bonchev–Trinajstić information content (AvgIpc) is 3.02. The van der Waals surface area contributed by atoms with E-state index in [1.54, 1.807) is 23.8 Å². The summed E-state index contributed by atoms with van der Waals surface area (Å²) >= 11 is 1.63. The van der Waals surface area contributed by atoms with Gasteiger partial charge in [0.15, 0.2) is 0 Å². The highest BCUT2D eigenvalue weighted by Crippen LogP contribution is 2.28. The van der Waals surface area contributed by atoms with Crippen LogP contribution in [0.4, 0.5) is 11.4 Å². The maximum Gasteiger partial charge on any atom is 0.0832 e. The minimum Gasteiger partial charge on any atom is -0.355 e. The van der Waals surface area contributed by atoms with Gasteiger partial charge in [0.2, 0.25) is 0 Å². The van der Waals surface area contributed by atoms with Crippen LogP contribution in [-0.2, 0) is 10.8 Å². The van der Waals surface area contributed by atoms with E-state index >= 15 is 0 Å². The van der Waals surface area contributed by atoms with Crippen molar-refractivity contribution >= 4 is 54.6 Å². The number of pyridine rings is 1. The number of fused-ring (bicyclic) bond motifs is 2. The first kappa shape index (κ1) is 14.3. The molecule has 1 unspecified atom stereocenters. The zero-order valence-corrected chi connectivity index (χ0v) is 13.9. The standard InChI is InChI=1S/C17H13N3OS2/c1-23(21)12-3-4-14-13(9-12)15(6-7-18-14)20-11-2-5-17-16(8-11)19-10-22-17/h2-10H,1H3,(H,18,20). The number of anilines is 2. The SMILES string of the molecule is CS(=O)c1ccc2nccc(Nc3ccc4scnc4c3)c2c1. The van der Waals surface area contributed by atoms with Gasteiger partial charge in [0.1, 0.15) is 0 Å². The van der Waals surface area contributed by atoms with Crippen molar-refractivity contribution in [2.75, 3.05) is 11.6 Å². The van der Waals surface area contributed by atoms with Gasteiger partial charge in [-0.15, -0.1) is 11.3 Å². The fourth-order valence-corrected chi connectivity index (χ4v) is 3.71. The molecule has 0 radical (unpaired) electrons. The smallest absolute Gasteiger partial charge is 0.0832 e. The monoisotopic (exact) mass is 339 g/mol. The molecule has 4 aromatic rings. The van der Waals surface area contributed by atoms with E-state index in [2.05, 4.69) is 21.4 Å². The highest BCUT2D eigenvalue weighted by Gasteiger charge is 2.06. The van der Waals surface area contributed by atoms with Crippen molar-refractivity contribution in [3.05, 3.63) is 54.2 Å². The summed E-state index contributed by atoms with van der Waals surface area (Å²) in [5.74, 6) is 0. The van der Waals surface area contributed by atoms with Gasteiger partial charge >= 0.3 is 0 Å². The average molecular weight is 339 g/mol. The minimum atomic E-state index is -1.02. The molecule has 0 aliphatic rings. The quantitative estimate of drug-likeness (QED) is 0.604. The van der Waals surface area contributed by atoms with Gasteiger partial charge in [-0.25, -0.2) is 4.98 Å².